The van der Waals surface area contributed by atoms with Crippen molar-refractivity contribution in [2.24, 2.45) is 7.05 Å². The van der Waals surface area contributed by atoms with Crippen LogP contribution < -0.4 is 5.32 Å². The Bertz CT molecular complexity index is 580. The topological polar surface area (TPSA) is 67.2 Å². The number of nitrogens with zero attached hydrogens (tertiary/aromatic N) is 2. The van der Waals surface area contributed by atoms with E-state index in [9.17, 15) is 9.90 Å². The molecule has 1 amide bonds. The van der Waals surface area contributed by atoms with Crippen molar-refractivity contribution in [2.75, 3.05) is 0 Å². The van der Waals surface area contributed by atoms with E-state index in [0.717, 1.165) is 5.56 Å². The van der Waals surface area contributed by atoms with Crippen LogP contribution in [0.1, 0.15) is 23.7 Å². The Morgan fingerprint density at radius 2 is 2.15 bits per heavy atom. The van der Waals surface area contributed by atoms with E-state index in [0.29, 0.717) is 17.1 Å². The molecular formula is C14H16ClN3O2. The minimum Gasteiger partial charge on any atom is -0.388 e. The van der Waals surface area contributed by atoms with Crippen LogP contribution in [0, 0.1) is 0 Å². The second-order valence-electron chi connectivity index (χ2n) is 4.57. The Kier molecular flexibility index (Phi) is 4.76. The lowest BCUT2D eigenvalue weighted by molar-refractivity contribution is -0.123. The summed E-state index contributed by atoms with van der Waals surface area (Å²) in [7, 11) is 1.82. The number of aromatic nitrogens is 2. The summed E-state index contributed by atoms with van der Waals surface area (Å²) in [5.74, 6) is -0.212. The maximum Gasteiger partial charge on any atom is 0.223 e. The number of carbonyl (C=O) groups is 1. The summed E-state index contributed by atoms with van der Waals surface area (Å²) in [5, 5.41) is 17.3. The molecule has 1 unspecified atom stereocenters. The van der Waals surface area contributed by atoms with Crippen LogP contribution in [0.2, 0.25) is 5.02 Å². The van der Waals surface area contributed by atoms with Crippen LogP contribution in [0.3, 0.4) is 0 Å². The summed E-state index contributed by atoms with van der Waals surface area (Å²) in [4.78, 5) is 11.7. The van der Waals surface area contributed by atoms with Crippen LogP contribution in [0.4, 0.5) is 0 Å². The van der Waals surface area contributed by atoms with Gasteiger partial charge in [-0.3, -0.25) is 9.48 Å². The molecule has 20 heavy (non-hydrogen) atoms. The molecule has 0 bridgehead atoms. The summed E-state index contributed by atoms with van der Waals surface area (Å²) in [6.45, 7) is 0.403. The predicted octanol–water partition coefficient (Wildman–Crippen LogP) is 1.81. The molecule has 0 spiro atoms. The number of benzene rings is 1. The van der Waals surface area contributed by atoms with Crippen LogP contribution in [-0.2, 0) is 18.4 Å². The average molecular weight is 294 g/mol. The number of rotatable bonds is 5. The van der Waals surface area contributed by atoms with Crippen molar-refractivity contribution >= 4 is 17.5 Å². The largest absolute Gasteiger partial charge is 0.388 e. The van der Waals surface area contributed by atoms with Crippen molar-refractivity contribution in [3.05, 3.63) is 52.8 Å². The van der Waals surface area contributed by atoms with E-state index in [1.54, 1.807) is 35.1 Å². The van der Waals surface area contributed by atoms with Gasteiger partial charge in [0.1, 0.15) is 0 Å². The van der Waals surface area contributed by atoms with Crippen molar-refractivity contribution in [3.8, 4) is 0 Å². The van der Waals surface area contributed by atoms with E-state index < -0.39 is 6.10 Å². The van der Waals surface area contributed by atoms with Crippen LogP contribution in [0.15, 0.2) is 36.7 Å². The van der Waals surface area contributed by atoms with Crippen LogP contribution in [0.25, 0.3) is 0 Å². The summed E-state index contributed by atoms with van der Waals surface area (Å²) in [5.41, 5.74) is 1.59. The number of hydrogen-bond donors (Lipinski definition) is 2. The summed E-state index contributed by atoms with van der Waals surface area (Å²) >= 11 is 5.77. The molecule has 0 aliphatic rings. The molecule has 0 saturated heterocycles. The second-order valence-corrected chi connectivity index (χ2v) is 5.01. The number of hydrogen-bond acceptors (Lipinski definition) is 3. The first-order chi connectivity index (χ1) is 9.54. The molecule has 2 aromatic rings. The first-order valence-corrected chi connectivity index (χ1v) is 6.60. The van der Waals surface area contributed by atoms with Crippen LogP contribution in [-0.4, -0.2) is 20.8 Å². The number of halogens is 1. The van der Waals surface area contributed by atoms with Crippen LogP contribution in [0.5, 0.6) is 0 Å². The lowest BCUT2D eigenvalue weighted by Gasteiger charge is -2.11. The minimum atomic E-state index is -0.832. The van der Waals surface area contributed by atoms with Crippen molar-refractivity contribution in [3.63, 3.8) is 0 Å². The Morgan fingerprint density at radius 3 is 2.75 bits per heavy atom. The summed E-state index contributed by atoms with van der Waals surface area (Å²) in [6.07, 6.45) is 2.70. The van der Waals surface area contributed by atoms with Crippen molar-refractivity contribution < 1.29 is 9.90 Å². The number of aliphatic hydroxyl groups excluding tert-OH is 1. The molecule has 106 valence electrons. The second kappa shape index (κ2) is 6.54. The molecule has 1 aromatic heterocycles. The molecule has 2 rings (SSSR count). The fourth-order valence-electron chi connectivity index (χ4n) is 1.81. The Balaban J connectivity index is 1.83. The lowest BCUT2D eigenvalue weighted by atomic mass is 10.1. The van der Waals surface area contributed by atoms with E-state index in [4.69, 9.17) is 11.6 Å². The first-order valence-electron chi connectivity index (χ1n) is 6.22. The van der Waals surface area contributed by atoms with E-state index in [1.165, 1.54) is 0 Å². The monoisotopic (exact) mass is 293 g/mol. The lowest BCUT2D eigenvalue weighted by Crippen LogP contribution is -2.24. The zero-order valence-electron chi connectivity index (χ0n) is 11.1. The van der Waals surface area contributed by atoms with Gasteiger partial charge >= 0.3 is 0 Å². The van der Waals surface area contributed by atoms with Gasteiger partial charge in [0, 0.05) is 30.4 Å². The maximum absolute atomic E-state index is 11.7. The van der Waals surface area contributed by atoms with Gasteiger partial charge in [-0.1, -0.05) is 23.7 Å². The van der Waals surface area contributed by atoms with Gasteiger partial charge in [-0.15, -0.1) is 0 Å². The Labute approximate surface area is 122 Å². The number of aliphatic hydroxyl groups is 1. The summed E-state index contributed by atoms with van der Waals surface area (Å²) < 4.78 is 1.67. The van der Waals surface area contributed by atoms with E-state index in [2.05, 4.69) is 10.4 Å². The Morgan fingerprint density at radius 1 is 1.45 bits per heavy atom. The van der Waals surface area contributed by atoms with Gasteiger partial charge in [0.05, 0.1) is 18.7 Å². The molecular weight excluding hydrogens is 278 g/mol. The van der Waals surface area contributed by atoms with Gasteiger partial charge in [-0.25, -0.2) is 0 Å². The van der Waals surface area contributed by atoms with Gasteiger partial charge in [0.25, 0.3) is 0 Å². The molecule has 0 aliphatic heterocycles. The maximum atomic E-state index is 11.7. The zero-order chi connectivity index (χ0) is 14.5. The first kappa shape index (κ1) is 14.6. The highest BCUT2D eigenvalue weighted by molar-refractivity contribution is 6.30. The third-order valence-electron chi connectivity index (χ3n) is 2.88. The van der Waals surface area contributed by atoms with Crippen molar-refractivity contribution in [1.29, 1.82) is 0 Å². The third kappa shape index (κ3) is 4.08. The minimum absolute atomic E-state index is 0.0158. The van der Waals surface area contributed by atoms with Crippen LogP contribution >= 0.6 is 11.6 Å². The molecule has 5 nitrogen and oxygen atoms in total. The van der Waals surface area contributed by atoms with E-state index in [-0.39, 0.29) is 12.3 Å². The molecule has 1 aromatic carbocycles. The number of amides is 1. The standard InChI is InChI=1S/C14H16ClN3O2/c1-18-9-10(8-17-18)7-16-14(20)6-13(19)11-2-4-12(15)5-3-11/h2-5,8-9,13,19H,6-7H2,1H3,(H,16,20). The molecule has 0 radical (unpaired) electrons. The highest BCUT2D eigenvalue weighted by Gasteiger charge is 2.12. The summed E-state index contributed by atoms with van der Waals surface area (Å²) in [6, 6.07) is 6.80. The van der Waals surface area contributed by atoms with Crippen molar-refractivity contribution in [2.45, 2.75) is 19.1 Å². The number of carbonyl (C=O) groups excluding carboxylic acids is 1. The fraction of sp³-hybridized carbons (Fsp3) is 0.286. The van der Waals surface area contributed by atoms with Gasteiger partial charge in [0.2, 0.25) is 5.91 Å². The van der Waals surface area contributed by atoms with Gasteiger partial charge in [0.15, 0.2) is 0 Å². The zero-order valence-corrected chi connectivity index (χ0v) is 11.8. The molecule has 1 atom stereocenters. The highest BCUT2D eigenvalue weighted by atomic mass is 35.5. The molecule has 0 saturated carbocycles. The SMILES string of the molecule is Cn1cc(CNC(=O)CC(O)c2ccc(Cl)cc2)cn1. The normalized spacial score (nSPS) is 12.2. The van der Waals surface area contributed by atoms with Crippen molar-refractivity contribution in [1.82, 2.24) is 15.1 Å². The average Bonchev–Trinajstić information content (AvgIpc) is 2.83. The molecule has 6 heteroatoms. The molecule has 1 heterocycles. The predicted molar refractivity (Wildman–Crippen MR) is 76.1 cm³/mol. The highest BCUT2D eigenvalue weighted by Crippen LogP contribution is 2.18. The Hall–Kier alpha value is -1.85. The molecule has 0 fully saturated rings. The third-order valence-corrected chi connectivity index (χ3v) is 3.13. The quantitative estimate of drug-likeness (QED) is 0.883. The number of nitrogens with one attached hydrogen (secondary N) is 1. The van der Waals surface area contributed by atoms with Gasteiger partial charge in [-0.2, -0.15) is 5.10 Å². The van der Waals surface area contributed by atoms with E-state index in [1.807, 2.05) is 13.2 Å². The smallest absolute Gasteiger partial charge is 0.223 e. The van der Waals surface area contributed by atoms with Gasteiger partial charge in [-0.05, 0) is 17.7 Å². The van der Waals surface area contributed by atoms with E-state index >= 15 is 0 Å². The molecule has 0 aliphatic carbocycles. The fourth-order valence-corrected chi connectivity index (χ4v) is 1.94. The molecule has 2 N–H and O–H groups in total. The van der Waals surface area contributed by atoms with Gasteiger partial charge < -0.3 is 10.4 Å². The number of aryl methyl sites for hydroxylation is 1.